The highest BCUT2D eigenvalue weighted by Crippen LogP contribution is 2.24. The van der Waals surface area contributed by atoms with E-state index in [-0.39, 0.29) is 5.91 Å². The van der Waals surface area contributed by atoms with Crippen molar-refractivity contribution >= 4 is 29.1 Å². The molecule has 0 spiro atoms. The Morgan fingerprint density at radius 1 is 0.839 bits per heavy atom. The topological polar surface area (TPSA) is 32.8 Å². The molecule has 3 aromatic rings. The van der Waals surface area contributed by atoms with Crippen LogP contribution in [0, 0.1) is 0 Å². The fraction of sp³-hybridized carbons (Fsp3) is 0.240. The molecule has 4 rings (SSSR count). The first-order valence-electron chi connectivity index (χ1n) is 10.3. The fourth-order valence-electron chi connectivity index (χ4n) is 3.66. The predicted molar refractivity (Wildman–Crippen MR) is 125 cm³/mol. The lowest BCUT2D eigenvalue weighted by atomic mass is 10.1. The van der Waals surface area contributed by atoms with Crippen molar-refractivity contribution in [1.29, 1.82) is 0 Å². The zero-order chi connectivity index (χ0) is 21.6. The van der Waals surface area contributed by atoms with Crippen LogP contribution >= 0.6 is 23.2 Å². The van der Waals surface area contributed by atoms with Crippen molar-refractivity contribution in [2.24, 2.45) is 0 Å². The van der Waals surface area contributed by atoms with Crippen LogP contribution in [0.25, 0.3) is 0 Å². The van der Waals surface area contributed by atoms with Gasteiger partial charge in [0.25, 0.3) is 5.91 Å². The van der Waals surface area contributed by atoms with Gasteiger partial charge in [0.15, 0.2) is 0 Å². The smallest absolute Gasteiger partial charge is 0.253 e. The number of piperazine rings is 1. The van der Waals surface area contributed by atoms with Crippen LogP contribution in [0.4, 0.5) is 0 Å². The third-order valence-corrected chi connectivity index (χ3v) is 5.95. The monoisotopic (exact) mass is 454 g/mol. The van der Waals surface area contributed by atoms with Gasteiger partial charge in [-0.2, -0.15) is 0 Å². The first-order chi connectivity index (χ1) is 15.1. The van der Waals surface area contributed by atoms with E-state index < -0.39 is 0 Å². The SMILES string of the molecule is O=C(c1cccc(COc2ccccc2Cl)c1)N1CCN(Cc2ccc(Cl)cc2)CC1. The van der Waals surface area contributed by atoms with E-state index in [1.54, 1.807) is 6.07 Å². The molecule has 0 radical (unpaired) electrons. The Kier molecular flexibility index (Phi) is 7.13. The summed E-state index contributed by atoms with van der Waals surface area (Å²) < 4.78 is 5.81. The van der Waals surface area contributed by atoms with E-state index in [0.29, 0.717) is 36.0 Å². The Balaban J connectivity index is 1.32. The molecule has 1 aliphatic rings. The maximum atomic E-state index is 13.0. The first kappa shape index (κ1) is 21.7. The number of nitrogens with zero attached hydrogens (tertiary/aromatic N) is 2. The van der Waals surface area contributed by atoms with Gasteiger partial charge in [-0.05, 0) is 47.5 Å². The second-order valence-electron chi connectivity index (χ2n) is 7.61. The molecule has 1 amide bonds. The Bertz CT molecular complexity index is 1030. The van der Waals surface area contributed by atoms with E-state index in [1.807, 2.05) is 59.5 Å². The number of hydrogen-bond acceptors (Lipinski definition) is 3. The largest absolute Gasteiger partial charge is 0.487 e. The molecule has 160 valence electrons. The summed E-state index contributed by atoms with van der Waals surface area (Å²) in [6.45, 7) is 4.36. The normalized spacial score (nSPS) is 14.5. The van der Waals surface area contributed by atoms with Crippen molar-refractivity contribution in [1.82, 2.24) is 9.80 Å². The number of halogens is 2. The zero-order valence-electron chi connectivity index (χ0n) is 17.1. The summed E-state index contributed by atoms with van der Waals surface area (Å²) in [6, 6.07) is 22.9. The van der Waals surface area contributed by atoms with Gasteiger partial charge in [0.2, 0.25) is 0 Å². The Hall–Kier alpha value is -2.53. The second kappa shape index (κ2) is 10.2. The van der Waals surface area contributed by atoms with E-state index >= 15 is 0 Å². The van der Waals surface area contributed by atoms with Crippen LogP contribution in [0.3, 0.4) is 0 Å². The maximum absolute atomic E-state index is 13.0. The molecule has 0 aromatic heterocycles. The number of para-hydroxylation sites is 1. The molecule has 1 heterocycles. The average molecular weight is 455 g/mol. The number of benzene rings is 3. The van der Waals surface area contributed by atoms with E-state index in [0.717, 1.165) is 30.2 Å². The zero-order valence-corrected chi connectivity index (χ0v) is 18.6. The van der Waals surface area contributed by atoms with Gasteiger partial charge in [-0.15, -0.1) is 0 Å². The van der Waals surface area contributed by atoms with E-state index in [2.05, 4.69) is 17.0 Å². The predicted octanol–water partition coefficient (Wildman–Crippen LogP) is 5.53. The number of amides is 1. The minimum atomic E-state index is 0.0609. The van der Waals surface area contributed by atoms with Crippen molar-refractivity contribution in [3.63, 3.8) is 0 Å². The van der Waals surface area contributed by atoms with E-state index in [1.165, 1.54) is 5.56 Å². The van der Waals surface area contributed by atoms with Crippen molar-refractivity contribution in [3.05, 3.63) is 99.5 Å². The van der Waals surface area contributed by atoms with Gasteiger partial charge in [0.1, 0.15) is 12.4 Å². The van der Waals surface area contributed by atoms with Crippen LogP contribution in [-0.2, 0) is 13.2 Å². The number of carbonyl (C=O) groups is 1. The molecule has 0 bridgehead atoms. The Labute approximate surface area is 192 Å². The highest BCUT2D eigenvalue weighted by Gasteiger charge is 2.22. The van der Waals surface area contributed by atoms with Crippen molar-refractivity contribution < 1.29 is 9.53 Å². The van der Waals surface area contributed by atoms with Gasteiger partial charge in [-0.25, -0.2) is 0 Å². The van der Waals surface area contributed by atoms with Crippen molar-refractivity contribution in [2.75, 3.05) is 26.2 Å². The highest BCUT2D eigenvalue weighted by atomic mass is 35.5. The van der Waals surface area contributed by atoms with E-state index in [4.69, 9.17) is 27.9 Å². The molecule has 4 nitrogen and oxygen atoms in total. The summed E-state index contributed by atoms with van der Waals surface area (Å²) in [5, 5.41) is 1.32. The lowest BCUT2D eigenvalue weighted by Gasteiger charge is -2.34. The van der Waals surface area contributed by atoms with Crippen LogP contribution in [-0.4, -0.2) is 41.9 Å². The molecule has 1 saturated heterocycles. The minimum absolute atomic E-state index is 0.0609. The van der Waals surface area contributed by atoms with Crippen LogP contribution in [0.1, 0.15) is 21.5 Å². The second-order valence-corrected chi connectivity index (χ2v) is 8.46. The fourth-order valence-corrected chi connectivity index (χ4v) is 3.97. The molecule has 31 heavy (non-hydrogen) atoms. The summed E-state index contributed by atoms with van der Waals surface area (Å²) in [5.41, 5.74) is 2.86. The van der Waals surface area contributed by atoms with Gasteiger partial charge in [0.05, 0.1) is 5.02 Å². The molecule has 0 unspecified atom stereocenters. The van der Waals surface area contributed by atoms with E-state index in [9.17, 15) is 4.79 Å². The lowest BCUT2D eigenvalue weighted by Crippen LogP contribution is -2.48. The average Bonchev–Trinajstić information content (AvgIpc) is 2.80. The molecule has 0 aliphatic carbocycles. The van der Waals surface area contributed by atoms with Gasteiger partial charge in [0, 0.05) is 43.3 Å². The van der Waals surface area contributed by atoms with Gasteiger partial charge >= 0.3 is 0 Å². The van der Waals surface area contributed by atoms with Crippen LogP contribution in [0.15, 0.2) is 72.8 Å². The molecule has 1 fully saturated rings. The summed E-state index contributed by atoms with van der Waals surface area (Å²) >= 11 is 12.1. The number of rotatable bonds is 6. The van der Waals surface area contributed by atoms with Crippen LogP contribution < -0.4 is 4.74 Å². The Morgan fingerprint density at radius 3 is 2.32 bits per heavy atom. The highest BCUT2D eigenvalue weighted by molar-refractivity contribution is 6.32. The summed E-state index contributed by atoms with van der Waals surface area (Å²) in [6.07, 6.45) is 0. The standard InChI is InChI=1S/C25H24Cl2N2O2/c26-22-10-8-19(9-11-22)17-28-12-14-29(15-13-28)25(30)21-5-3-4-20(16-21)18-31-24-7-2-1-6-23(24)27/h1-11,16H,12-15,17-18H2. The third kappa shape index (κ3) is 5.79. The first-order valence-corrected chi connectivity index (χ1v) is 11.1. The third-order valence-electron chi connectivity index (χ3n) is 5.38. The van der Waals surface area contributed by atoms with Gasteiger partial charge in [-0.1, -0.05) is 59.6 Å². The minimum Gasteiger partial charge on any atom is -0.487 e. The number of ether oxygens (including phenoxy) is 1. The number of carbonyl (C=O) groups excluding carboxylic acids is 1. The molecule has 0 saturated carbocycles. The van der Waals surface area contributed by atoms with Gasteiger partial charge < -0.3 is 9.64 Å². The lowest BCUT2D eigenvalue weighted by molar-refractivity contribution is 0.0628. The molecule has 1 aliphatic heterocycles. The molecule has 0 atom stereocenters. The quantitative estimate of drug-likeness (QED) is 0.490. The molecule has 0 N–H and O–H groups in total. The maximum Gasteiger partial charge on any atom is 0.253 e. The summed E-state index contributed by atoms with van der Waals surface area (Å²) in [7, 11) is 0. The van der Waals surface area contributed by atoms with Gasteiger partial charge in [-0.3, -0.25) is 9.69 Å². The molecular formula is C25H24Cl2N2O2. The Morgan fingerprint density at radius 2 is 1.58 bits per heavy atom. The summed E-state index contributed by atoms with van der Waals surface area (Å²) in [4.78, 5) is 17.3. The van der Waals surface area contributed by atoms with Crippen LogP contribution in [0.5, 0.6) is 5.75 Å². The molecule has 6 heteroatoms. The number of hydrogen-bond donors (Lipinski definition) is 0. The summed E-state index contributed by atoms with van der Waals surface area (Å²) in [5.74, 6) is 0.698. The van der Waals surface area contributed by atoms with Crippen LogP contribution in [0.2, 0.25) is 10.0 Å². The molecular weight excluding hydrogens is 431 g/mol. The van der Waals surface area contributed by atoms with Crippen molar-refractivity contribution in [3.8, 4) is 5.75 Å². The molecule has 3 aromatic carbocycles. The van der Waals surface area contributed by atoms with Crippen molar-refractivity contribution in [2.45, 2.75) is 13.2 Å².